The first-order valence-corrected chi connectivity index (χ1v) is 12.9. The van der Waals surface area contributed by atoms with Crippen LogP contribution in [0, 0.1) is 0 Å². The van der Waals surface area contributed by atoms with Crippen molar-refractivity contribution in [3.8, 4) is 11.6 Å². The molecule has 1 heterocycles. The second-order valence-electron chi connectivity index (χ2n) is 8.03. The van der Waals surface area contributed by atoms with Crippen molar-refractivity contribution in [3.63, 3.8) is 0 Å². The second kappa shape index (κ2) is 11.5. The highest BCUT2D eigenvalue weighted by Gasteiger charge is 2.21. The Balaban J connectivity index is 1.42. The van der Waals surface area contributed by atoms with Crippen molar-refractivity contribution < 1.29 is 22.7 Å². The molecule has 4 rings (SSSR count). The minimum absolute atomic E-state index is 0.0203. The lowest BCUT2D eigenvalue weighted by Crippen LogP contribution is -2.16. The van der Waals surface area contributed by atoms with Crippen LogP contribution >= 0.6 is 0 Å². The Morgan fingerprint density at radius 1 is 0.838 bits per heavy atom. The minimum Gasteiger partial charge on any atom is -0.489 e. The zero-order valence-corrected chi connectivity index (χ0v) is 21.2. The molecular weight excluding hydrogens is 492 g/mol. The predicted octanol–water partition coefficient (Wildman–Crippen LogP) is 4.33. The summed E-state index contributed by atoms with van der Waals surface area (Å²) in [4.78, 5) is 20.6. The summed E-state index contributed by atoms with van der Waals surface area (Å²) in [5.41, 5.74) is 3.27. The summed E-state index contributed by atoms with van der Waals surface area (Å²) in [5.74, 6) is -0.187. The van der Waals surface area contributed by atoms with E-state index in [-0.39, 0.29) is 28.3 Å². The molecule has 0 aliphatic heterocycles. The Kier molecular flexibility index (Phi) is 7.99. The van der Waals surface area contributed by atoms with Crippen molar-refractivity contribution in [3.05, 3.63) is 102 Å². The third kappa shape index (κ3) is 6.42. The van der Waals surface area contributed by atoms with Gasteiger partial charge >= 0.3 is 0 Å². The number of aromatic nitrogens is 2. The van der Waals surface area contributed by atoms with E-state index in [0.717, 1.165) is 24.7 Å². The molecule has 190 valence electrons. The van der Waals surface area contributed by atoms with Gasteiger partial charge in [0.05, 0.1) is 19.1 Å². The van der Waals surface area contributed by atoms with Crippen LogP contribution < -0.4 is 19.5 Å². The van der Waals surface area contributed by atoms with Crippen molar-refractivity contribution in [2.24, 2.45) is 0 Å². The number of hydrogen-bond donors (Lipinski definition) is 2. The minimum atomic E-state index is -3.99. The summed E-state index contributed by atoms with van der Waals surface area (Å²) in [7, 11) is -1.25. The van der Waals surface area contributed by atoms with Gasteiger partial charge in [0, 0.05) is 11.3 Å². The van der Waals surface area contributed by atoms with Gasteiger partial charge in [0.1, 0.15) is 6.33 Å². The van der Waals surface area contributed by atoms with Crippen LogP contribution in [0.3, 0.4) is 0 Å². The quantitative estimate of drug-likeness (QED) is 0.321. The van der Waals surface area contributed by atoms with Crippen LogP contribution in [-0.4, -0.2) is 38.5 Å². The molecule has 0 aliphatic rings. The molecular formula is C27H26N4O5S. The summed E-state index contributed by atoms with van der Waals surface area (Å²) in [5, 5.41) is 2.81. The van der Waals surface area contributed by atoms with E-state index in [0.29, 0.717) is 11.3 Å². The molecule has 0 spiro atoms. The number of amides is 1. The highest BCUT2D eigenvalue weighted by Crippen LogP contribution is 2.32. The smallest absolute Gasteiger partial charge is 0.263 e. The lowest BCUT2D eigenvalue weighted by Gasteiger charge is -2.13. The Labute approximate surface area is 215 Å². The number of methoxy groups -OCH3 is 2. The molecule has 10 heteroatoms. The maximum absolute atomic E-state index is 12.9. The maximum Gasteiger partial charge on any atom is 0.263 e. The first-order valence-electron chi connectivity index (χ1n) is 11.4. The van der Waals surface area contributed by atoms with Gasteiger partial charge in [-0.05, 0) is 60.4 Å². The largest absolute Gasteiger partial charge is 0.489 e. The molecule has 9 nitrogen and oxygen atoms in total. The van der Waals surface area contributed by atoms with Gasteiger partial charge in [-0.3, -0.25) is 9.52 Å². The molecule has 1 amide bonds. The van der Waals surface area contributed by atoms with Gasteiger partial charge in [-0.25, -0.2) is 13.4 Å². The summed E-state index contributed by atoms with van der Waals surface area (Å²) in [6.45, 7) is 0. The number of carbonyl (C=O) groups is 1. The van der Waals surface area contributed by atoms with E-state index in [1.165, 1.54) is 44.0 Å². The topological polar surface area (TPSA) is 120 Å². The van der Waals surface area contributed by atoms with Crippen LogP contribution in [0.25, 0.3) is 0 Å². The number of anilines is 2. The molecule has 0 unspecified atom stereocenters. The van der Waals surface area contributed by atoms with Gasteiger partial charge in [-0.15, -0.1) is 0 Å². The van der Waals surface area contributed by atoms with E-state index in [2.05, 4.69) is 32.1 Å². The van der Waals surface area contributed by atoms with E-state index < -0.39 is 10.0 Å². The van der Waals surface area contributed by atoms with Crippen molar-refractivity contribution in [2.75, 3.05) is 24.3 Å². The fraction of sp³-hybridized carbons (Fsp3) is 0.148. The van der Waals surface area contributed by atoms with Crippen LogP contribution in [0.4, 0.5) is 11.5 Å². The molecule has 3 aromatic carbocycles. The molecule has 0 saturated heterocycles. The van der Waals surface area contributed by atoms with E-state index in [1.807, 2.05) is 36.4 Å². The number of carbonyl (C=O) groups excluding carboxylic acids is 1. The summed E-state index contributed by atoms with van der Waals surface area (Å²) >= 11 is 0. The van der Waals surface area contributed by atoms with Gasteiger partial charge in [0.15, 0.2) is 5.82 Å². The first-order chi connectivity index (χ1) is 17.9. The average molecular weight is 519 g/mol. The Bertz CT molecular complexity index is 1480. The van der Waals surface area contributed by atoms with E-state index in [1.54, 1.807) is 6.07 Å². The number of rotatable bonds is 10. The number of nitrogens with one attached hydrogen (secondary N) is 2. The lowest BCUT2D eigenvalue weighted by atomic mass is 10.0. The molecule has 0 fully saturated rings. The predicted molar refractivity (Wildman–Crippen MR) is 141 cm³/mol. The zero-order chi connectivity index (χ0) is 26.3. The van der Waals surface area contributed by atoms with E-state index >= 15 is 0 Å². The van der Waals surface area contributed by atoms with Crippen LogP contribution in [0.2, 0.25) is 0 Å². The molecule has 0 atom stereocenters. The molecule has 1 aromatic heterocycles. The Hall–Kier alpha value is -4.44. The van der Waals surface area contributed by atoms with Gasteiger partial charge in [0.2, 0.25) is 5.75 Å². The third-order valence-corrected chi connectivity index (χ3v) is 6.91. The zero-order valence-electron chi connectivity index (χ0n) is 20.3. The maximum atomic E-state index is 12.9. The van der Waals surface area contributed by atoms with Crippen molar-refractivity contribution in [2.45, 2.75) is 17.7 Å². The van der Waals surface area contributed by atoms with Crippen molar-refractivity contribution >= 4 is 27.4 Å². The molecule has 4 aromatic rings. The van der Waals surface area contributed by atoms with Crippen molar-refractivity contribution in [1.29, 1.82) is 0 Å². The second-order valence-corrected chi connectivity index (χ2v) is 9.72. The number of aryl methyl sites for hydroxylation is 2. The summed E-state index contributed by atoms with van der Waals surface area (Å²) < 4.78 is 38.4. The van der Waals surface area contributed by atoms with Crippen LogP contribution in [0.5, 0.6) is 11.6 Å². The number of ether oxygens (including phenoxy) is 2. The molecule has 0 saturated carbocycles. The first kappa shape index (κ1) is 25.6. The molecule has 0 aliphatic carbocycles. The standard InChI is InChI=1S/C27H26N4O5S/c1-35-24-25(28-18-29-27(24)36-2)31-37(33,34)23-15-13-22(14-16-23)30-26(32)21-10-6-9-20(17-21)12-11-19-7-4-3-5-8-19/h3-10,13-18H,11-12H2,1-2H3,(H,30,32)(H,28,29,31). The van der Waals surface area contributed by atoms with Crippen LogP contribution in [0.15, 0.2) is 90.1 Å². The van der Waals surface area contributed by atoms with Gasteiger partial charge < -0.3 is 14.8 Å². The average Bonchev–Trinajstić information content (AvgIpc) is 2.92. The number of hydrogen-bond acceptors (Lipinski definition) is 7. The van der Waals surface area contributed by atoms with Gasteiger partial charge in [0.25, 0.3) is 21.8 Å². The van der Waals surface area contributed by atoms with Gasteiger partial charge in [-0.2, -0.15) is 4.98 Å². The Morgan fingerprint density at radius 2 is 1.54 bits per heavy atom. The van der Waals surface area contributed by atoms with Crippen LogP contribution in [-0.2, 0) is 22.9 Å². The van der Waals surface area contributed by atoms with Crippen molar-refractivity contribution in [1.82, 2.24) is 9.97 Å². The Morgan fingerprint density at radius 3 is 2.24 bits per heavy atom. The number of benzene rings is 3. The molecule has 37 heavy (non-hydrogen) atoms. The lowest BCUT2D eigenvalue weighted by molar-refractivity contribution is 0.102. The number of nitrogens with zero attached hydrogens (tertiary/aromatic N) is 2. The molecule has 0 bridgehead atoms. The summed E-state index contributed by atoms with van der Waals surface area (Å²) in [6, 6.07) is 23.4. The molecule has 0 radical (unpaired) electrons. The highest BCUT2D eigenvalue weighted by molar-refractivity contribution is 7.92. The normalized spacial score (nSPS) is 11.0. The SMILES string of the molecule is COc1ncnc(NS(=O)(=O)c2ccc(NC(=O)c3cccc(CCc4ccccc4)c3)cc2)c1OC. The fourth-order valence-electron chi connectivity index (χ4n) is 3.67. The third-order valence-electron chi connectivity index (χ3n) is 5.56. The molecule has 2 N–H and O–H groups in total. The van der Waals surface area contributed by atoms with E-state index in [9.17, 15) is 13.2 Å². The van der Waals surface area contributed by atoms with Crippen LogP contribution in [0.1, 0.15) is 21.5 Å². The fourth-order valence-corrected chi connectivity index (χ4v) is 4.68. The monoisotopic (exact) mass is 518 g/mol. The highest BCUT2D eigenvalue weighted by atomic mass is 32.2. The number of sulfonamides is 1. The van der Waals surface area contributed by atoms with Gasteiger partial charge in [-0.1, -0.05) is 42.5 Å². The summed E-state index contributed by atoms with van der Waals surface area (Å²) in [6.07, 6.45) is 2.85. The van der Waals surface area contributed by atoms with E-state index in [4.69, 9.17) is 9.47 Å².